The summed E-state index contributed by atoms with van der Waals surface area (Å²) >= 11 is 0. The first-order valence-corrected chi connectivity index (χ1v) is 5.88. The molecule has 0 amide bonds. The fourth-order valence-corrected chi connectivity index (χ4v) is 3.49. The molecule has 0 aromatic rings. The van der Waals surface area contributed by atoms with Crippen LogP contribution in [0.15, 0.2) is 0 Å². The Balaban J connectivity index is 2.17. The Morgan fingerprint density at radius 1 is 1.20 bits per heavy atom. The molecule has 1 aliphatic rings. The van der Waals surface area contributed by atoms with Crippen LogP contribution in [-0.4, -0.2) is 11.8 Å². The van der Waals surface area contributed by atoms with Gasteiger partial charge >= 0.3 is 0 Å². The molecule has 0 bridgehead atoms. The average Bonchev–Trinajstić information content (AvgIpc) is 2.05. The molecule has 1 rings (SSSR count). The van der Waals surface area contributed by atoms with Crippen molar-refractivity contribution in [1.29, 1.82) is 0 Å². The Labute approximate surface area is 66.6 Å². The summed E-state index contributed by atoms with van der Waals surface area (Å²) in [6.45, 7) is 4.67. The van der Waals surface area contributed by atoms with Gasteiger partial charge in [-0.1, -0.05) is 20.3 Å². The average molecular weight is 158 g/mol. The standard InChI is InChI=1S/C9H19P/c1-3-8-5-6-9(4-2)10-7-8/h8-10H,3-7H2,1-2H3/t8-,9-/m1/s1. The van der Waals surface area contributed by atoms with Crippen molar-refractivity contribution in [2.45, 2.75) is 45.2 Å². The van der Waals surface area contributed by atoms with Crippen molar-refractivity contribution in [2.75, 3.05) is 6.16 Å². The van der Waals surface area contributed by atoms with Gasteiger partial charge in [-0.25, -0.2) is 0 Å². The van der Waals surface area contributed by atoms with Crippen molar-refractivity contribution < 1.29 is 0 Å². The monoisotopic (exact) mass is 158 g/mol. The van der Waals surface area contributed by atoms with Gasteiger partial charge in [0.25, 0.3) is 0 Å². The van der Waals surface area contributed by atoms with E-state index >= 15 is 0 Å². The second-order valence-electron chi connectivity index (χ2n) is 3.37. The first-order valence-electron chi connectivity index (χ1n) is 4.60. The van der Waals surface area contributed by atoms with Crippen LogP contribution in [0.2, 0.25) is 0 Å². The molecule has 0 saturated carbocycles. The van der Waals surface area contributed by atoms with Gasteiger partial charge in [0.1, 0.15) is 0 Å². The summed E-state index contributed by atoms with van der Waals surface area (Å²) in [6, 6.07) is 0. The van der Waals surface area contributed by atoms with Crippen LogP contribution in [0.5, 0.6) is 0 Å². The summed E-state index contributed by atoms with van der Waals surface area (Å²) in [5.41, 5.74) is 1.10. The predicted octanol–water partition coefficient (Wildman–Crippen LogP) is 3.26. The third kappa shape index (κ3) is 2.23. The van der Waals surface area contributed by atoms with E-state index in [1.807, 2.05) is 0 Å². The molecule has 1 saturated heterocycles. The summed E-state index contributed by atoms with van der Waals surface area (Å²) in [5, 5.41) is 0. The molecule has 0 aliphatic carbocycles. The van der Waals surface area contributed by atoms with E-state index < -0.39 is 0 Å². The van der Waals surface area contributed by atoms with E-state index in [2.05, 4.69) is 13.8 Å². The third-order valence-corrected chi connectivity index (χ3v) is 4.78. The maximum Gasteiger partial charge on any atom is -0.0239 e. The molecule has 1 aliphatic heterocycles. The molecule has 0 aromatic carbocycles. The molecule has 0 nitrogen and oxygen atoms in total. The van der Waals surface area contributed by atoms with E-state index in [9.17, 15) is 0 Å². The van der Waals surface area contributed by atoms with Crippen molar-refractivity contribution in [3.05, 3.63) is 0 Å². The maximum absolute atomic E-state index is 2.34. The molecule has 1 heteroatoms. The number of hydrogen-bond donors (Lipinski definition) is 0. The minimum absolute atomic E-state index is 1.08. The highest BCUT2D eigenvalue weighted by molar-refractivity contribution is 7.39. The Bertz CT molecular complexity index is 70.7. The SMILES string of the molecule is CC[C@@H]1CC[C@@H](CC)PC1. The second kappa shape index (κ2) is 4.34. The van der Waals surface area contributed by atoms with Crippen LogP contribution in [0.25, 0.3) is 0 Å². The van der Waals surface area contributed by atoms with E-state index in [4.69, 9.17) is 0 Å². The number of hydrogen-bond acceptors (Lipinski definition) is 0. The highest BCUT2D eigenvalue weighted by Crippen LogP contribution is 2.36. The maximum atomic E-state index is 2.34. The van der Waals surface area contributed by atoms with E-state index in [0.717, 1.165) is 11.6 Å². The van der Waals surface area contributed by atoms with Crippen LogP contribution in [0.3, 0.4) is 0 Å². The first kappa shape index (κ1) is 8.53. The van der Waals surface area contributed by atoms with Crippen LogP contribution >= 0.6 is 8.58 Å². The molecule has 3 atom stereocenters. The molecule has 10 heavy (non-hydrogen) atoms. The molecule has 1 fully saturated rings. The second-order valence-corrected chi connectivity index (χ2v) is 5.00. The van der Waals surface area contributed by atoms with Gasteiger partial charge in [-0.05, 0) is 37.0 Å². The van der Waals surface area contributed by atoms with Crippen LogP contribution in [0, 0.1) is 5.92 Å². The van der Waals surface area contributed by atoms with Gasteiger partial charge in [-0.3, -0.25) is 0 Å². The van der Waals surface area contributed by atoms with Crippen LogP contribution in [0.4, 0.5) is 0 Å². The minimum Gasteiger partial charge on any atom is -0.119 e. The normalized spacial score (nSPS) is 36.6. The highest BCUT2D eigenvalue weighted by atomic mass is 31.1. The van der Waals surface area contributed by atoms with Crippen LogP contribution in [-0.2, 0) is 0 Å². The molecule has 0 radical (unpaired) electrons. The van der Waals surface area contributed by atoms with Gasteiger partial charge in [0.15, 0.2) is 0 Å². The number of rotatable bonds is 2. The van der Waals surface area contributed by atoms with Gasteiger partial charge in [-0.15, -0.1) is 8.58 Å². The highest BCUT2D eigenvalue weighted by Gasteiger charge is 2.17. The molecule has 0 aromatic heterocycles. The van der Waals surface area contributed by atoms with Gasteiger partial charge in [0, 0.05) is 0 Å². The Hall–Kier alpha value is 0.430. The van der Waals surface area contributed by atoms with Crippen molar-refractivity contribution in [3.63, 3.8) is 0 Å². The fraction of sp³-hybridized carbons (Fsp3) is 1.00. The third-order valence-electron chi connectivity index (χ3n) is 2.69. The summed E-state index contributed by atoms with van der Waals surface area (Å²) in [4.78, 5) is 0. The lowest BCUT2D eigenvalue weighted by Crippen LogP contribution is -2.14. The van der Waals surface area contributed by atoms with E-state index in [-0.39, 0.29) is 0 Å². The zero-order chi connectivity index (χ0) is 7.40. The topological polar surface area (TPSA) is 0 Å². The summed E-state index contributed by atoms with van der Waals surface area (Å²) in [6.07, 6.45) is 7.42. The van der Waals surface area contributed by atoms with Crippen molar-refractivity contribution >= 4 is 8.58 Å². The quantitative estimate of drug-likeness (QED) is 0.541. The lowest BCUT2D eigenvalue weighted by molar-refractivity contribution is 0.472. The minimum atomic E-state index is 1.08. The molecule has 1 unspecified atom stereocenters. The molecule has 0 N–H and O–H groups in total. The largest absolute Gasteiger partial charge is 0.119 e. The zero-order valence-electron chi connectivity index (χ0n) is 7.19. The first-order chi connectivity index (χ1) is 4.86. The smallest absolute Gasteiger partial charge is 0.0239 e. The van der Waals surface area contributed by atoms with E-state index in [1.165, 1.54) is 40.4 Å². The Morgan fingerprint density at radius 3 is 2.40 bits per heavy atom. The Morgan fingerprint density at radius 2 is 2.00 bits per heavy atom. The van der Waals surface area contributed by atoms with Gasteiger partial charge in [0.05, 0.1) is 0 Å². The van der Waals surface area contributed by atoms with Crippen LogP contribution < -0.4 is 0 Å². The summed E-state index contributed by atoms with van der Waals surface area (Å²) in [5.74, 6) is 1.08. The lowest BCUT2D eigenvalue weighted by Gasteiger charge is -2.26. The summed E-state index contributed by atoms with van der Waals surface area (Å²) < 4.78 is 0. The fourth-order valence-electron chi connectivity index (χ4n) is 1.67. The van der Waals surface area contributed by atoms with Gasteiger partial charge in [-0.2, -0.15) is 0 Å². The lowest BCUT2D eigenvalue weighted by atomic mass is 10.00. The predicted molar refractivity (Wildman–Crippen MR) is 50.3 cm³/mol. The van der Waals surface area contributed by atoms with Crippen LogP contribution in [0.1, 0.15) is 39.5 Å². The molecular formula is C9H19P. The Kier molecular flexibility index (Phi) is 3.70. The zero-order valence-corrected chi connectivity index (χ0v) is 8.19. The van der Waals surface area contributed by atoms with E-state index in [1.54, 1.807) is 0 Å². The summed E-state index contributed by atoms with van der Waals surface area (Å²) in [7, 11) is 1.28. The molecule has 60 valence electrons. The van der Waals surface area contributed by atoms with Crippen molar-refractivity contribution in [2.24, 2.45) is 5.92 Å². The molecule has 1 heterocycles. The van der Waals surface area contributed by atoms with Crippen molar-refractivity contribution in [3.8, 4) is 0 Å². The van der Waals surface area contributed by atoms with E-state index in [0.29, 0.717) is 0 Å². The van der Waals surface area contributed by atoms with Gasteiger partial charge in [0.2, 0.25) is 0 Å². The van der Waals surface area contributed by atoms with Crippen molar-refractivity contribution in [1.82, 2.24) is 0 Å². The molecular weight excluding hydrogens is 139 g/mol. The van der Waals surface area contributed by atoms with Gasteiger partial charge < -0.3 is 0 Å². The molecule has 0 spiro atoms.